The SMILES string of the molecule is CC(C)(C)C1CCSC(=NCc2ccc(Br)cc2)N1. The highest BCUT2D eigenvalue weighted by atomic mass is 79.9. The maximum absolute atomic E-state index is 4.70. The molecule has 0 saturated carbocycles. The summed E-state index contributed by atoms with van der Waals surface area (Å²) in [7, 11) is 0. The number of hydrogen-bond acceptors (Lipinski definition) is 2. The van der Waals surface area contributed by atoms with Gasteiger partial charge in [0.1, 0.15) is 0 Å². The zero-order valence-electron chi connectivity index (χ0n) is 11.7. The number of amidine groups is 1. The molecule has 0 aliphatic carbocycles. The number of halogens is 1. The van der Waals surface area contributed by atoms with E-state index in [9.17, 15) is 0 Å². The van der Waals surface area contributed by atoms with Gasteiger partial charge in [-0.15, -0.1) is 0 Å². The molecule has 1 aromatic carbocycles. The molecule has 19 heavy (non-hydrogen) atoms. The summed E-state index contributed by atoms with van der Waals surface area (Å²) in [6.07, 6.45) is 1.21. The molecule has 2 rings (SSSR count). The van der Waals surface area contributed by atoms with Crippen molar-refractivity contribution >= 4 is 32.9 Å². The van der Waals surface area contributed by atoms with E-state index in [0.29, 0.717) is 11.5 Å². The van der Waals surface area contributed by atoms with Crippen molar-refractivity contribution in [3.8, 4) is 0 Å². The average Bonchev–Trinajstić information content (AvgIpc) is 2.37. The first-order chi connectivity index (χ1) is 8.95. The van der Waals surface area contributed by atoms with Gasteiger partial charge in [-0.3, -0.25) is 4.99 Å². The number of hydrogen-bond donors (Lipinski definition) is 1. The lowest BCUT2D eigenvalue weighted by Crippen LogP contribution is -2.46. The third-order valence-electron chi connectivity index (χ3n) is 3.31. The molecule has 0 radical (unpaired) electrons. The second kappa shape index (κ2) is 6.31. The predicted octanol–water partition coefficient (Wildman–Crippen LogP) is 4.45. The fraction of sp³-hybridized carbons (Fsp3) is 0.533. The number of rotatable bonds is 2. The molecule has 2 nitrogen and oxygen atoms in total. The summed E-state index contributed by atoms with van der Waals surface area (Å²) >= 11 is 5.29. The van der Waals surface area contributed by atoms with E-state index < -0.39 is 0 Å². The van der Waals surface area contributed by atoms with Crippen molar-refractivity contribution in [1.29, 1.82) is 0 Å². The largest absolute Gasteiger partial charge is 0.362 e. The van der Waals surface area contributed by atoms with E-state index >= 15 is 0 Å². The van der Waals surface area contributed by atoms with Crippen molar-refractivity contribution in [3.63, 3.8) is 0 Å². The first-order valence-electron chi connectivity index (χ1n) is 6.63. The van der Waals surface area contributed by atoms with Crippen LogP contribution < -0.4 is 5.32 Å². The first kappa shape index (κ1) is 14.9. The Kier molecular flexibility index (Phi) is 4.96. The molecule has 0 aromatic heterocycles. The molecule has 1 fully saturated rings. The summed E-state index contributed by atoms with van der Waals surface area (Å²) in [5, 5.41) is 4.67. The number of nitrogens with one attached hydrogen (secondary N) is 1. The Morgan fingerprint density at radius 2 is 2.00 bits per heavy atom. The van der Waals surface area contributed by atoms with Crippen LogP contribution in [0.4, 0.5) is 0 Å². The summed E-state index contributed by atoms with van der Waals surface area (Å²) in [5.41, 5.74) is 1.54. The Labute approximate surface area is 128 Å². The van der Waals surface area contributed by atoms with E-state index in [1.807, 2.05) is 11.8 Å². The van der Waals surface area contributed by atoms with Crippen LogP contribution in [0.1, 0.15) is 32.8 Å². The third kappa shape index (κ3) is 4.53. The zero-order chi connectivity index (χ0) is 13.9. The molecule has 1 aliphatic heterocycles. The molecular weight excluding hydrogens is 320 g/mol. The zero-order valence-corrected chi connectivity index (χ0v) is 14.1. The van der Waals surface area contributed by atoms with Gasteiger partial charge in [0.25, 0.3) is 0 Å². The van der Waals surface area contributed by atoms with E-state index in [1.165, 1.54) is 12.0 Å². The Bertz CT molecular complexity index is 448. The van der Waals surface area contributed by atoms with Gasteiger partial charge in [-0.25, -0.2) is 0 Å². The first-order valence-corrected chi connectivity index (χ1v) is 8.41. The topological polar surface area (TPSA) is 24.4 Å². The summed E-state index contributed by atoms with van der Waals surface area (Å²) in [6, 6.07) is 8.88. The van der Waals surface area contributed by atoms with Crippen LogP contribution >= 0.6 is 27.7 Å². The predicted molar refractivity (Wildman–Crippen MR) is 88.7 cm³/mol. The van der Waals surface area contributed by atoms with Crippen LogP contribution in [0.25, 0.3) is 0 Å². The molecule has 1 aliphatic rings. The van der Waals surface area contributed by atoms with Gasteiger partial charge in [0.05, 0.1) is 6.54 Å². The van der Waals surface area contributed by atoms with Gasteiger partial charge in [-0.1, -0.05) is 60.6 Å². The molecule has 0 amide bonds. The smallest absolute Gasteiger partial charge is 0.157 e. The van der Waals surface area contributed by atoms with Gasteiger partial charge in [0.15, 0.2) is 5.17 Å². The minimum absolute atomic E-state index is 0.291. The second-order valence-electron chi connectivity index (χ2n) is 5.95. The number of nitrogens with zero attached hydrogens (tertiary/aromatic N) is 1. The average molecular weight is 341 g/mol. The van der Waals surface area contributed by atoms with Gasteiger partial charge >= 0.3 is 0 Å². The van der Waals surface area contributed by atoms with Gasteiger partial charge in [0, 0.05) is 16.3 Å². The molecule has 0 spiro atoms. The van der Waals surface area contributed by atoms with Crippen LogP contribution in [0.3, 0.4) is 0 Å². The molecule has 1 heterocycles. The monoisotopic (exact) mass is 340 g/mol. The number of thioether (sulfide) groups is 1. The van der Waals surface area contributed by atoms with Crippen molar-refractivity contribution < 1.29 is 0 Å². The minimum Gasteiger partial charge on any atom is -0.362 e. The van der Waals surface area contributed by atoms with E-state index in [1.54, 1.807) is 0 Å². The third-order valence-corrected chi connectivity index (χ3v) is 4.80. The lowest BCUT2D eigenvalue weighted by Gasteiger charge is -2.35. The Morgan fingerprint density at radius 3 is 2.63 bits per heavy atom. The van der Waals surface area contributed by atoms with Crippen LogP contribution in [0.2, 0.25) is 0 Å². The molecule has 0 bridgehead atoms. The summed E-state index contributed by atoms with van der Waals surface area (Å²) in [4.78, 5) is 4.70. The highest BCUT2D eigenvalue weighted by Gasteiger charge is 2.28. The quantitative estimate of drug-likeness (QED) is 0.860. The molecule has 1 unspecified atom stereocenters. The molecule has 1 aromatic rings. The van der Waals surface area contributed by atoms with Crippen molar-refractivity contribution in [2.45, 2.75) is 39.8 Å². The van der Waals surface area contributed by atoms with Crippen LogP contribution in [0, 0.1) is 5.41 Å². The fourth-order valence-corrected chi connectivity index (χ4v) is 3.22. The van der Waals surface area contributed by atoms with Gasteiger partial charge in [0.2, 0.25) is 0 Å². The Hall–Kier alpha value is -0.480. The standard InChI is InChI=1S/C15H21BrN2S/c1-15(2,3)13-8-9-19-14(18-13)17-10-11-4-6-12(16)7-5-11/h4-7,13H,8-10H2,1-3H3,(H,17,18). The van der Waals surface area contributed by atoms with Gasteiger partial charge < -0.3 is 5.32 Å². The Morgan fingerprint density at radius 1 is 1.32 bits per heavy atom. The molecule has 1 N–H and O–H groups in total. The Balaban J connectivity index is 1.97. The molecular formula is C15H21BrN2S. The van der Waals surface area contributed by atoms with Crippen LogP contribution in [0.5, 0.6) is 0 Å². The van der Waals surface area contributed by atoms with Crippen molar-refractivity contribution in [3.05, 3.63) is 34.3 Å². The highest BCUT2D eigenvalue weighted by Crippen LogP contribution is 2.27. The lowest BCUT2D eigenvalue weighted by molar-refractivity contribution is 0.290. The van der Waals surface area contributed by atoms with Crippen molar-refractivity contribution in [1.82, 2.24) is 5.32 Å². The van der Waals surface area contributed by atoms with Crippen LogP contribution in [-0.2, 0) is 6.54 Å². The molecule has 4 heteroatoms. The number of aliphatic imine (C=N–C) groups is 1. The normalized spacial score (nSPS) is 22.3. The minimum atomic E-state index is 0.291. The maximum atomic E-state index is 4.70. The molecule has 104 valence electrons. The van der Waals surface area contributed by atoms with E-state index in [2.05, 4.69) is 66.3 Å². The summed E-state index contributed by atoms with van der Waals surface area (Å²) in [6.45, 7) is 7.60. The molecule has 1 atom stereocenters. The lowest BCUT2D eigenvalue weighted by atomic mass is 9.85. The maximum Gasteiger partial charge on any atom is 0.157 e. The van der Waals surface area contributed by atoms with E-state index in [4.69, 9.17) is 4.99 Å². The highest BCUT2D eigenvalue weighted by molar-refractivity contribution is 9.10. The second-order valence-corrected chi connectivity index (χ2v) is 7.95. The van der Waals surface area contributed by atoms with E-state index in [-0.39, 0.29) is 0 Å². The fourth-order valence-electron chi connectivity index (χ4n) is 2.03. The van der Waals surface area contributed by atoms with Crippen molar-refractivity contribution in [2.75, 3.05) is 5.75 Å². The van der Waals surface area contributed by atoms with Gasteiger partial charge in [-0.05, 0) is 29.5 Å². The summed E-state index contributed by atoms with van der Waals surface area (Å²) < 4.78 is 1.11. The van der Waals surface area contributed by atoms with Crippen LogP contribution in [0.15, 0.2) is 33.7 Å². The van der Waals surface area contributed by atoms with Crippen molar-refractivity contribution in [2.24, 2.45) is 10.4 Å². The van der Waals surface area contributed by atoms with Crippen LogP contribution in [-0.4, -0.2) is 17.0 Å². The number of benzene rings is 1. The molecule has 1 saturated heterocycles. The van der Waals surface area contributed by atoms with Gasteiger partial charge in [-0.2, -0.15) is 0 Å². The van der Waals surface area contributed by atoms with E-state index in [0.717, 1.165) is 21.9 Å². The summed E-state index contributed by atoms with van der Waals surface area (Å²) in [5.74, 6) is 1.16.